The fraction of sp³-hybridized carbons (Fsp3) is 0.375. The highest BCUT2D eigenvalue weighted by Gasteiger charge is 2.22. The van der Waals surface area contributed by atoms with E-state index in [2.05, 4.69) is 10.6 Å². The molecule has 0 unspecified atom stereocenters. The van der Waals surface area contributed by atoms with E-state index in [0.29, 0.717) is 13.0 Å². The number of carboxylic acid groups (broad SMARTS) is 1. The first-order chi connectivity index (χ1) is 12.9. The fourth-order valence-corrected chi connectivity index (χ4v) is 2.04. The Morgan fingerprint density at radius 3 is 2.59 bits per heavy atom. The monoisotopic (exact) mass is 382 g/mol. The molecule has 5 N–H and O–H groups in total. The highest BCUT2D eigenvalue weighted by Crippen LogP contribution is 2.36. The second-order valence-corrected chi connectivity index (χ2v) is 5.22. The van der Waals surface area contributed by atoms with Crippen LogP contribution in [0.15, 0.2) is 24.3 Å². The number of benzene rings is 1. The maximum atomic E-state index is 11.4. The van der Waals surface area contributed by atoms with Crippen LogP contribution in [0.25, 0.3) is 0 Å². The van der Waals surface area contributed by atoms with Crippen molar-refractivity contribution in [1.29, 1.82) is 0 Å². The van der Waals surface area contributed by atoms with Gasteiger partial charge in [-0.3, -0.25) is 14.9 Å². The summed E-state index contributed by atoms with van der Waals surface area (Å²) in [4.78, 5) is 32.5. The van der Waals surface area contributed by atoms with Crippen LogP contribution in [-0.2, 0) is 4.74 Å². The van der Waals surface area contributed by atoms with Crippen molar-refractivity contribution in [2.45, 2.75) is 6.42 Å². The molecule has 0 aliphatic carbocycles. The number of rotatable bonds is 12. The van der Waals surface area contributed by atoms with Crippen molar-refractivity contribution in [2.24, 2.45) is 5.73 Å². The lowest BCUT2D eigenvalue weighted by molar-refractivity contribution is -0.384. The van der Waals surface area contributed by atoms with Crippen molar-refractivity contribution in [3.8, 4) is 5.75 Å². The molecule has 0 heterocycles. The minimum Gasteiger partial charge on any atom is -0.491 e. The van der Waals surface area contributed by atoms with Gasteiger partial charge in [0.1, 0.15) is 5.75 Å². The van der Waals surface area contributed by atoms with Gasteiger partial charge in [0, 0.05) is 44.9 Å². The Hall–Kier alpha value is -3.34. The molecule has 0 spiro atoms. The van der Waals surface area contributed by atoms with Gasteiger partial charge in [-0.1, -0.05) is 12.2 Å². The van der Waals surface area contributed by atoms with Gasteiger partial charge in [0.15, 0.2) is 5.69 Å². The Bertz CT molecular complexity index is 706. The number of hydrogen-bond acceptors (Lipinski definition) is 7. The van der Waals surface area contributed by atoms with Crippen molar-refractivity contribution in [3.63, 3.8) is 0 Å². The first-order valence-electron chi connectivity index (χ1n) is 7.96. The molecule has 27 heavy (non-hydrogen) atoms. The van der Waals surface area contributed by atoms with Gasteiger partial charge in [-0.2, -0.15) is 0 Å². The number of carbonyl (C=O) groups excluding carboxylic acids is 1. The number of nitro groups is 1. The van der Waals surface area contributed by atoms with E-state index in [4.69, 9.17) is 20.3 Å². The number of methoxy groups -OCH3 is 1. The van der Waals surface area contributed by atoms with Crippen molar-refractivity contribution in [1.82, 2.24) is 5.32 Å². The second kappa shape index (κ2) is 11.3. The number of nitrogens with one attached hydrogen (secondary N) is 2. The van der Waals surface area contributed by atoms with E-state index in [1.807, 2.05) is 0 Å². The third kappa shape index (κ3) is 7.61. The summed E-state index contributed by atoms with van der Waals surface area (Å²) in [7, 11) is 1.54. The molecule has 1 aromatic carbocycles. The van der Waals surface area contributed by atoms with Gasteiger partial charge in [-0.25, -0.2) is 4.79 Å². The fourth-order valence-electron chi connectivity index (χ4n) is 2.04. The molecule has 0 aliphatic heterocycles. The molecule has 0 saturated carbocycles. The van der Waals surface area contributed by atoms with Crippen LogP contribution in [0.1, 0.15) is 16.8 Å². The summed E-state index contributed by atoms with van der Waals surface area (Å²) in [6.07, 6.45) is 2.53. The van der Waals surface area contributed by atoms with E-state index in [-0.39, 0.29) is 42.4 Å². The molecular formula is C16H22N4O7. The number of carbonyl (C=O) groups is 2. The first-order valence-corrected chi connectivity index (χ1v) is 7.96. The summed E-state index contributed by atoms with van der Waals surface area (Å²) < 4.78 is 10.5. The van der Waals surface area contributed by atoms with E-state index in [1.165, 1.54) is 13.2 Å². The average Bonchev–Trinajstić information content (AvgIpc) is 2.61. The number of primary amides is 1. The summed E-state index contributed by atoms with van der Waals surface area (Å²) >= 11 is 0. The van der Waals surface area contributed by atoms with Crippen LogP contribution in [0, 0.1) is 10.1 Å². The highest BCUT2D eigenvalue weighted by molar-refractivity contribution is 5.95. The molecule has 0 radical (unpaired) electrons. The van der Waals surface area contributed by atoms with Crippen molar-refractivity contribution >= 4 is 23.4 Å². The molecule has 1 rings (SSSR count). The Labute approximate surface area is 155 Å². The molecule has 2 amide bonds. The highest BCUT2D eigenvalue weighted by atomic mass is 16.6. The van der Waals surface area contributed by atoms with Gasteiger partial charge in [0.05, 0.1) is 11.5 Å². The number of ether oxygens (including phenoxy) is 2. The number of hydrogen-bond donors (Lipinski definition) is 4. The zero-order chi connectivity index (χ0) is 20.2. The number of nitrogens with two attached hydrogens (primary N) is 1. The standard InChI is InChI=1S/C16H22N4O7/c1-26-7-4-8-27-13-10-11(15(17)21)9-12(20(24)25)14(13)18-5-2-3-6-19-16(22)23/h2-3,9-10,18-19H,4-8H2,1H3,(H2,17,21)(H,22,23). The van der Waals surface area contributed by atoms with E-state index >= 15 is 0 Å². The van der Waals surface area contributed by atoms with Gasteiger partial charge in [0.2, 0.25) is 5.91 Å². The third-order valence-electron chi connectivity index (χ3n) is 3.25. The average molecular weight is 382 g/mol. The number of nitro benzene ring substituents is 1. The summed E-state index contributed by atoms with van der Waals surface area (Å²) in [5, 5.41) is 24.9. The molecule has 0 aliphatic rings. The van der Waals surface area contributed by atoms with Crippen LogP contribution < -0.4 is 21.1 Å². The first kappa shape index (κ1) is 21.7. The van der Waals surface area contributed by atoms with E-state index in [1.54, 1.807) is 12.2 Å². The van der Waals surface area contributed by atoms with Crippen LogP contribution in [0.4, 0.5) is 16.2 Å². The van der Waals surface area contributed by atoms with E-state index in [9.17, 15) is 19.7 Å². The molecule has 0 aromatic heterocycles. The topological polar surface area (TPSA) is 166 Å². The van der Waals surface area contributed by atoms with Crippen molar-refractivity contribution < 1.29 is 29.1 Å². The Kier molecular flexibility index (Phi) is 9.09. The Balaban J connectivity index is 2.99. The normalized spacial score (nSPS) is 10.6. The van der Waals surface area contributed by atoms with Crippen molar-refractivity contribution in [3.05, 3.63) is 40.0 Å². The largest absolute Gasteiger partial charge is 0.491 e. The number of amides is 2. The van der Waals surface area contributed by atoms with E-state index in [0.717, 1.165) is 6.07 Å². The minimum absolute atomic E-state index is 0.0461. The van der Waals surface area contributed by atoms with Crippen LogP contribution in [0.5, 0.6) is 5.75 Å². The van der Waals surface area contributed by atoms with Crippen LogP contribution in [0.3, 0.4) is 0 Å². The maximum Gasteiger partial charge on any atom is 0.404 e. The van der Waals surface area contributed by atoms with Gasteiger partial charge in [-0.05, 0) is 6.07 Å². The van der Waals surface area contributed by atoms with Gasteiger partial charge in [0.25, 0.3) is 5.69 Å². The summed E-state index contributed by atoms with van der Waals surface area (Å²) in [5.41, 5.74) is 4.93. The Morgan fingerprint density at radius 1 is 1.30 bits per heavy atom. The van der Waals surface area contributed by atoms with Gasteiger partial charge >= 0.3 is 6.09 Å². The molecule has 11 heteroatoms. The smallest absolute Gasteiger partial charge is 0.404 e. The minimum atomic E-state index is -1.16. The molecule has 0 fully saturated rings. The van der Waals surface area contributed by atoms with Crippen LogP contribution in [-0.4, -0.2) is 55.4 Å². The molecule has 148 valence electrons. The lowest BCUT2D eigenvalue weighted by Crippen LogP contribution is -2.20. The quantitative estimate of drug-likeness (QED) is 0.182. The van der Waals surface area contributed by atoms with Crippen LogP contribution >= 0.6 is 0 Å². The molecule has 1 aromatic rings. The van der Waals surface area contributed by atoms with Crippen molar-refractivity contribution in [2.75, 3.05) is 38.7 Å². The zero-order valence-corrected chi connectivity index (χ0v) is 14.8. The Morgan fingerprint density at radius 2 is 2.00 bits per heavy atom. The second-order valence-electron chi connectivity index (χ2n) is 5.22. The SMILES string of the molecule is COCCCOc1cc(C(N)=O)cc([N+](=O)[O-])c1NCC=CCNC(=O)O. The van der Waals surface area contributed by atoms with Crippen LogP contribution in [0.2, 0.25) is 0 Å². The van der Waals surface area contributed by atoms with Gasteiger partial charge < -0.3 is 30.9 Å². The molecular weight excluding hydrogens is 360 g/mol. The lowest BCUT2D eigenvalue weighted by Gasteiger charge is -2.14. The predicted octanol–water partition coefficient (Wildman–Crippen LogP) is 1.34. The summed E-state index contributed by atoms with van der Waals surface area (Å²) in [6, 6.07) is 2.41. The molecule has 0 atom stereocenters. The third-order valence-corrected chi connectivity index (χ3v) is 3.25. The zero-order valence-electron chi connectivity index (χ0n) is 14.8. The van der Waals surface area contributed by atoms with E-state index < -0.39 is 16.9 Å². The van der Waals surface area contributed by atoms with Gasteiger partial charge in [-0.15, -0.1) is 0 Å². The summed E-state index contributed by atoms with van der Waals surface area (Å²) in [5.74, 6) is -0.697. The summed E-state index contributed by atoms with van der Waals surface area (Å²) in [6.45, 7) is 0.937. The molecule has 11 nitrogen and oxygen atoms in total. The predicted molar refractivity (Wildman–Crippen MR) is 97.3 cm³/mol. The number of anilines is 1. The molecule has 0 saturated heterocycles. The maximum absolute atomic E-state index is 11.4. The number of nitrogens with zero attached hydrogens (tertiary/aromatic N) is 1. The molecule has 0 bridgehead atoms. The lowest BCUT2D eigenvalue weighted by atomic mass is 10.1.